The Bertz CT molecular complexity index is 236. The van der Waals surface area contributed by atoms with E-state index < -0.39 is 0 Å². The standard InChI is InChI=1S/C12H20O/c1-5-11(13)8-10-7-6-9(2)12(10,3)4/h6,10H,5,7-8H2,1-4H3/t10-/m1/s1. The van der Waals surface area contributed by atoms with Crippen molar-refractivity contribution in [3.05, 3.63) is 11.6 Å². The van der Waals surface area contributed by atoms with Gasteiger partial charge in [-0.25, -0.2) is 0 Å². The third-order valence-electron chi connectivity index (χ3n) is 3.61. The van der Waals surface area contributed by atoms with Crippen molar-refractivity contribution in [3.63, 3.8) is 0 Å². The summed E-state index contributed by atoms with van der Waals surface area (Å²) in [7, 11) is 0. The zero-order chi connectivity index (χ0) is 10.1. The molecule has 0 fully saturated rings. The van der Waals surface area contributed by atoms with E-state index in [2.05, 4.69) is 26.8 Å². The number of Topliss-reactive ketones (excluding diaryl/α,β-unsaturated/α-hetero) is 1. The van der Waals surface area contributed by atoms with Crippen LogP contribution >= 0.6 is 0 Å². The van der Waals surface area contributed by atoms with E-state index in [4.69, 9.17) is 0 Å². The lowest BCUT2D eigenvalue weighted by Crippen LogP contribution is -2.22. The van der Waals surface area contributed by atoms with Gasteiger partial charge in [0.15, 0.2) is 0 Å². The quantitative estimate of drug-likeness (QED) is 0.609. The lowest BCUT2D eigenvalue weighted by molar-refractivity contribution is -0.120. The second-order valence-electron chi connectivity index (χ2n) is 4.64. The van der Waals surface area contributed by atoms with Crippen molar-refractivity contribution >= 4 is 5.78 Å². The van der Waals surface area contributed by atoms with Crippen LogP contribution in [-0.2, 0) is 4.79 Å². The predicted molar refractivity (Wildman–Crippen MR) is 55.6 cm³/mol. The summed E-state index contributed by atoms with van der Waals surface area (Å²) in [4.78, 5) is 11.3. The molecule has 1 nitrogen and oxygen atoms in total. The number of hydrogen-bond acceptors (Lipinski definition) is 1. The van der Waals surface area contributed by atoms with Crippen molar-refractivity contribution in [2.45, 2.75) is 47.0 Å². The lowest BCUT2D eigenvalue weighted by atomic mass is 9.75. The normalized spacial score (nSPS) is 25.8. The second-order valence-corrected chi connectivity index (χ2v) is 4.64. The van der Waals surface area contributed by atoms with E-state index >= 15 is 0 Å². The van der Waals surface area contributed by atoms with Crippen LogP contribution in [-0.4, -0.2) is 5.78 Å². The maximum absolute atomic E-state index is 11.3. The molecule has 0 saturated carbocycles. The van der Waals surface area contributed by atoms with Gasteiger partial charge in [0.2, 0.25) is 0 Å². The average Bonchev–Trinajstić information content (AvgIpc) is 2.31. The van der Waals surface area contributed by atoms with Gasteiger partial charge in [-0.05, 0) is 24.7 Å². The Kier molecular flexibility index (Phi) is 2.94. The van der Waals surface area contributed by atoms with Crippen LogP contribution in [0.5, 0.6) is 0 Å². The van der Waals surface area contributed by atoms with Crippen molar-refractivity contribution in [1.29, 1.82) is 0 Å². The Morgan fingerprint density at radius 2 is 2.23 bits per heavy atom. The van der Waals surface area contributed by atoms with E-state index in [1.165, 1.54) is 5.57 Å². The molecular weight excluding hydrogens is 160 g/mol. The number of rotatable bonds is 3. The second kappa shape index (κ2) is 3.65. The number of allylic oxidation sites excluding steroid dienone is 2. The minimum Gasteiger partial charge on any atom is -0.300 e. The highest BCUT2D eigenvalue weighted by Crippen LogP contribution is 2.44. The van der Waals surface area contributed by atoms with E-state index in [9.17, 15) is 4.79 Å². The molecule has 0 aromatic heterocycles. The molecule has 0 amide bonds. The van der Waals surface area contributed by atoms with E-state index in [0.29, 0.717) is 18.1 Å². The minimum absolute atomic E-state index is 0.241. The monoisotopic (exact) mass is 180 g/mol. The first kappa shape index (κ1) is 10.5. The van der Waals surface area contributed by atoms with Crippen molar-refractivity contribution in [2.75, 3.05) is 0 Å². The Morgan fingerprint density at radius 1 is 1.62 bits per heavy atom. The van der Waals surface area contributed by atoms with Gasteiger partial charge in [0.1, 0.15) is 5.78 Å². The predicted octanol–water partition coefficient (Wildman–Crippen LogP) is 3.35. The highest BCUT2D eigenvalue weighted by atomic mass is 16.1. The van der Waals surface area contributed by atoms with Crippen molar-refractivity contribution in [1.82, 2.24) is 0 Å². The molecule has 1 atom stereocenters. The SMILES string of the molecule is CCC(=O)C[C@H]1CC=C(C)C1(C)C. The molecular formula is C12H20O. The Labute approximate surface area is 81.2 Å². The number of ketones is 1. The number of hydrogen-bond donors (Lipinski definition) is 0. The first-order chi connectivity index (χ1) is 5.98. The molecule has 1 rings (SSSR count). The fourth-order valence-corrected chi connectivity index (χ4v) is 1.96. The van der Waals surface area contributed by atoms with Gasteiger partial charge in [0, 0.05) is 12.8 Å². The number of carbonyl (C=O) groups excluding carboxylic acids is 1. The molecule has 0 unspecified atom stereocenters. The minimum atomic E-state index is 0.241. The van der Waals surface area contributed by atoms with Gasteiger partial charge < -0.3 is 0 Å². The summed E-state index contributed by atoms with van der Waals surface area (Å²) < 4.78 is 0. The van der Waals surface area contributed by atoms with E-state index in [1.54, 1.807) is 0 Å². The van der Waals surface area contributed by atoms with Crippen LogP contribution in [0.15, 0.2) is 11.6 Å². The Hall–Kier alpha value is -0.590. The molecule has 0 saturated heterocycles. The molecule has 0 bridgehead atoms. The van der Waals surface area contributed by atoms with Crippen molar-refractivity contribution < 1.29 is 4.79 Å². The Morgan fingerprint density at radius 3 is 2.62 bits per heavy atom. The zero-order valence-corrected chi connectivity index (χ0v) is 9.18. The first-order valence-corrected chi connectivity index (χ1v) is 5.17. The summed E-state index contributed by atoms with van der Waals surface area (Å²) in [6.45, 7) is 8.62. The molecule has 74 valence electrons. The van der Waals surface area contributed by atoms with Gasteiger partial charge in [-0.3, -0.25) is 4.79 Å². The molecule has 13 heavy (non-hydrogen) atoms. The summed E-state index contributed by atoms with van der Waals surface area (Å²) in [5.41, 5.74) is 1.69. The topological polar surface area (TPSA) is 17.1 Å². The van der Waals surface area contributed by atoms with Crippen LogP contribution < -0.4 is 0 Å². The van der Waals surface area contributed by atoms with E-state index in [-0.39, 0.29) is 5.41 Å². The van der Waals surface area contributed by atoms with E-state index in [0.717, 1.165) is 12.8 Å². The third-order valence-corrected chi connectivity index (χ3v) is 3.61. The smallest absolute Gasteiger partial charge is 0.132 e. The Balaban J connectivity index is 2.61. The molecule has 0 radical (unpaired) electrons. The third kappa shape index (κ3) is 2.01. The van der Waals surface area contributed by atoms with Crippen LogP contribution in [0.4, 0.5) is 0 Å². The van der Waals surface area contributed by atoms with Gasteiger partial charge >= 0.3 is 0 Å². The fourth-order valence-electron chi connectivity index (χ4n) is 1.96. The van der Waals surface area contributed by atoms with Crippen molar-refractivity contribution in [2.24, 2.45) is 11.3 Å². The lowest BCUT2D eigenvalue weighted by Gasteiger charge is -2.29. The molecule has 0 N–H and O–H groups in total. The van der Waals surface area contributed by atoms with Gasteiger partial charge in [-0.2, -0.15) is 0 Å². The summed E-state index contributed by atoms with van der Waals surface area (Å²) in [5, 5.41) is 0. The first-order valence-electron chi connectivity index (χ1n) is 5.17. The maximum Gasteiger partial charge on any atom is 0.132 e. The van der Waals surface area contributed by atoms with Gasteiger partial charge in [0.05, 0.1) is 0 Å². The van der Waals surface area contributed by atoms with Crippen LogP contribution in [0, 0.1) is 11.3 Å². The van der Waals surface area contributed by atoms with Crippen LogP contribution in [0.25, 0.3) is 0 Å². The van der Waals surface area contributed by atoms with Gasteiger partial charge in [-0.1, -0.05) is 32.4 Å². The van der Waals surface area contributed by atoms with Crippen LogP contribution in [0.3, 0.4) is 0 Å². The molecule has 1 aliphatic carbocycles. The van der Waals surface area contributed by atoms with Crippen molar-refractivity contribution in [3.8, 4) is 0 Å². The van der Waals surface area contributed by atoms with Crippen LogP contribution in [0.1, 0.15) is 47.0 Å². The fraction of sp³-hybridized carbons (Fsp3) is 0.750. The largest absolute Gasteiger partial charge is 0.300 e. The molecule has 0 aromatic carbocycles. The summed E-state index contributed by atoms with van der Waals surface area (Å²) in [5.74, 6) is 0.945. The highest BCUT2D eigenvalue weighted by Gasteiger charge is 2.35. The molecule has 0 spiro atoms. The van der Waals surface area contributed by atoms with Crippen LogP contribution in [0.2, 0.25) is 0 Å². The zero-order valence-electron chi connectivity index (χ0n) is 9.18. The molecule has 1 aliphatic rings. The molecule has 0 aromatic rings. The van der Waals surface area contributed by atoms with E-state index in [1.807, 2.05) is 6.92 Å². The summed E-state index contributed by atoms with van der Waals surface area (Å²) in [6.07, 6.45) is 4.82. The maximum atomic E-state index is 11.3. The van der Waals surface area contributed by atoms with Gasteiger partial charge in [-0.15, -0.1) is 0 Å². The van der Waals surface area contributed by atoms with Gasteiger partial charge in [0.25, 0.3) is 0 Å². The molecule has 0 heterocycles. The average molecular weight is 180 g/mol. The summed E-state index contributed by atoms with van der Waals surface area (Å²) >= 11 is 0. The summed E-state index contributed by atoms with van der Waals surface area (Å²) in [6, 6.07) is 0. The highest BCUT2D eigenvalue weighted by molar-refractivity contribution is 5.78. The number of carbonyl (C=O) groups is 1. The molecule has 0 aliphatic heterocycles. The molecule has 1 heteroatoms.